The number of ether oxygens (including phenoxy) is 1. The molecule has 128 valence electrons. The van der Waals surface area contributed by atoms with Crippen molar-refractivity contribution in [3.8, 4) is 11.3 Å². The fraction of sp³-hybridized carbons (Fsp3) is 0.500. The summed E-state index contributed by atoms with van der Waals surface area (Å²) < 4.78 is 11.7. The van der Waals surface area contributed by atoms with Gasteiger partial charge in [0.05, 0.1) is 19.8 Å². The van der Waals surface area contributed by atoms with Crippen molar-refractivity contribution in [2.24, 2.45) is 11.3 Å². The molecule has 0 spiro atoms. The number of hydrogen-bond donors (Lipinski definition) is 1. The van der Waals surface area contributed by atoms with Crippen LogP contribution in [-0.4, -0.2) is 42.9 Å². The van der Waals surface area contributed by atoms with Crippen LogP contribution in [0.4, 0.5) is 0 Å². The molecule has 2 saturated heterocycles. The predicted molar refractivity (Wildman–Crippen MR) is 92.6 cm³/mol. The first-order valence-corrected chi connectivity index (χ1v) is 8.75. The van der Waals surface area contributed by atoms with Crippen LogP contribution in [0.1, 0.15) is 17.7 Å². The molecule has 2 fully saturated rings. The maximum absolute atomic E-state index is 9.88. The second-order valence-corrected chi connectivity index (χ2v) is 7.36. The fourth-order valence-corrected chi connectivity index (χ4v) is 4.11. The van der Waals surface area contributed by atoms with Gasteiger partial charge in [0.15, 0.2) is 0 Å². The van der Waals surface area contributed by atoms with Crippen LogP contribution >= 0.6 is 0 Å². The first-order chi connectivity index (χ1) is 11.7. The van der Waals surface area contributed by atoms with E-state index in [2.05, 4.69) is 42.2 Å². The van der Waals surface area contributed by atoms with Crippen LogP contribution < -0.4 is 0 Å². The highest BCUT2D eigenvalue weighted by molar-refractivity contribution is 5.57. The molecule has 24 heavy (non-hydrogen) atoms. The van der Waals surface area contributed by atoms with Crippen molar-refractivity contribution >= 4 is 0 Å². The van der Waals surface area contributed by atoms with Crippen LogP contribution in [0.2, 0.25) is 0 Å². The topological polar surface area (TPSA) is 45.8 Å². The van der Waals surface area contributed by atoms with Gasteiger partial charge in [0.2, 0.25) is 0 Å². The maximum Gasteiger partial charge on any atom is 0.134 e. The van der Waals surface area contributed by atoms with Gasteiger partial charge in [-0.1, -0.05) is 29.8 Å². The molecule has 0 saturated carbocycles. The Kier molecular flexibility index (Phi) is 4.21. The number of aliphatic hydroxyl groups is 1. The number of nitrogens with zero attached hydrogens (tertiary/aromatic N) is 1. The summed E-state index contributed by atoms with van der Waals surface area (Å²) in [5, 5.41) is 9.88. The van der Waals surface area contributed by atoms with Gasteiger partial charge in [0.25, 0.3) is 0 Å². The van der Waals surface area contributed by atoms with Gasteiger partial charge in [-0.25, -0.2) is 0 Å². The molecule has 3 heterocycles. The van der Waals surface area contributed by atoms with Gasteiger partial charge in [0.1, 0.15) is 11.5 Å². The van der Waals surface area contributed by atoms with Gasteiger partial charge in [-0.05, 0) is 31.4 Å². The Labute approximate surface area is 143 Å². The second-order valence-electron chi connectivity index (χ2n) is 7.36. The number of aryl methyl sites for hydroxylation is 1. The van der Waals surface area contributed by atoms with E-state index in [1.807, 2.05) is 6.07 Å². The Morgan fingerprint density at radius 1 is 1.21 bits per heavy atom. The number of aliphatic hydroxyl groups excluding tert-OH is 1. The average molecular weight is 327 g/mol. The standard InChI is InChI=1S/C20H25NO3/c1-15-2-4-16(5-3-15)19-7-6-18(24-19)11-21-10-17-8-9-23-14-20(17,12-21)13-22/h2-7,17,22H,8-14H2,1H3/t17-,20+/m0/s1. The van der Waals surface area contributed by atoms with Crippen molar-refractivity contribution in [2.45, 2.75) is 19.9 Å². The van der Waals surface area contributed by atoms with E-state index in [1.54, 1.807) is 0 Å². The third-order valence-electron chi connectivity index (χ3n) is 5.58. The van der Waals surface area contributed by atoms with E-state index in [9.17, 15) is 5.11 Å². The molecular formula is C20H25NO3. The lowest BCUT2D eigenvalue weighted by molar-refractivity contribution is -0.0561. The highest BCUT2D eigenvalue weighted by atomic mass is 16.5. The summed E-state index contributed by atoms with van der Waals surface area (Å²) in [6, 6.07) is 12.5. The van der Waals surface area contributed by atoms with E-state index < -0.39 is 0 Å². The van der Waals surface area contributed by atoms with E-state index in [-0.39, 0.29) is 12.0 Å². The highest BCUT2D eigenvalue weighted by Crippen LogP contribution is 2.41. The summed E-state index contributed by atoms with van der Waals surface area (Å²) in [4.78, 5) is 2.40. The number of rotatable bonds is 4. The fourth-order valence-electron chi connectivity index (χ4n) is 4.11. The van der Waals surface area contributed by atoms with Crippen molar-refractivity contribution in [3.05, 3.63) is 47.7 Å². The van der Waals surface area contributed by atoms with Crippen LogP contribution in [0, 0.1) is 18.3 Å². The summed E-state index contributed by atoms with van der Waals surface area (Å²) >= 11 is 0. The van der Waals surface area contributed by atoms with E-state index in [0.717, 1.165) is 49.7 Å². The molecule has 4 heteroatoms. The van der Waals surface area contributed by atoms with Gasteiger partial charge in [-0.2, -0.15) is 0 Å². The van der Waals surface area contributed by atoms with Crippen molar-refractivity contribution in [2.75, 3.05) is 32.9 Å². The normalized spacial score (nSPS) is 27.3. The van der Waals surface area contributed by atoms with E-state index in [1.165, 1.54) is 5.56 Å². The minimum absolute atomic E-state index is 0.0787. The molecule has 4 nitrogen and oxygen atoms in total. The summed E-state index contributed by atoms with van der Waals surface area (Å²) in [6.07, 6.45) is 1.05. The monoisotopic (exact) mass is 327 g/mol. The van der Waals surface area contributed by atoms with Crippen LogP contribution in [0.25, 0.3) is 11.3 Å². The lowest BCUT2D eigenvalue weighted by atomic mass is 9.76. The molecule has 4 rings (SSSR count). The number of benzene rings is 1. The molecule has 1 aromatic carbocycles. The third-order valence-corrected chi connectivity index (χ3v) is 5.58. The smallest absolute Gasteiger partial charge is 0.134 e. The number of furan rings is 1. The zero-order valence-corrected chi connectivity index (χ0v) is 14.2. The highest BCUT2D eigenvalue weighted by Gasteiger charge is 2.48. The van der Waals surface area contributed by atoms with Crippen molar-refractivity contribution in [1.82, 2.24) is 4.90 Å². The molecule has 0 unspecified atom stereocenters. The minimum atomic E-state index is -0.0787. The zero-order valence-electron chi connectivity index (χ0n) is 14.2. The molecule has 1 N–H and O–H groups in total. The summed E-state index contributed by atoms with van der Waals surface area (Å²) in [7, 11) is 0. The molecule has 1 aromatic heterocycles. The first kappa shape index (κ1) is 15.9. The number of likely N-dealkylation sites (tertiary alicyclic amines) is 1. The van der Waals surface area contributed by atoms with Crippen LogP contribution in [-0.2, 0) is 11.3 Å². The summed E-state index contributed by atoms with van der Waals surface area (Å²) in [5.74, 6) is 2.43. The molecule has 0 aliphatic carbocycles. The Hall–Kier alpha value is -1.62. The molecule has 0 bridgehead atoms. The van der Waals surface area contributed by atoms with Crippen LogP contribution in [0.3, 0.4) is 0 Å². The summed E-state index contributed by atoms with van der Waals surface area (Å²) in [6.45, 7) is 6.49. The van der Waals surface area contributed by atoms with Gasteiger partial charge in [0, 0.05) is 30.7 Å². The largest absolute Gasteiger partial charge is 0.460 e. The maximum atomic E-state index is 9.88. The Morgan fingerprint density at radius 2 is 2.04 bits per heavy atom. The quantitative estimate of drug-likeness (QED) is 0.937. The van der Waals surface area contributed by atoms with Crippen molar-refractivity contribution < 1.29 is 14.3 Å². The molecule has 2 aromatic rings. The Bertz CT molecular complexity index is 693. The predicted octanol–water partition coefficient (Wildman–Crippen LogP) is 3.09. The second kappa shape index (κ2) is 6.36. The van der Waals surface area contributed by atoms with E-state index in [4.69, 9.17) is 9.15 Å². The molecular weight excluding hydrogens is 302 g/mol. The van der Waals surface area contributed by atoms with Gasteiger partial charge in [-0.15, -0.1) is 0 Å². The van der Waals surface area contributed by atoms with Crippen molar-refractivity contribution in [3.63, 3.8) is 0 Å². The first-order valence-electron chi connectivity index (χ1n) is 8.75. The van der Waals surface area contributed by atoms with Crippen molar-refractivity contribution in [1.29, 1.82) is 0 Å². The molecule has 2 aliphatic rings. The van der Waals surface area contributed by atoms with Crippen LogP contribution in [0.5, 0.6) is 0 Å². The van der Waals surface area contributed by atoms with Crippen LogP contribution in [0.15, 0.2) is 40.8 Å². The lowest BCUT2D eigenvalue weighted by Crippen LogP contribution is -2.42. The molecule has 0 radical (unpaired) electrons. The Morgan fingerprint density at radius 3 is 2.79 bits per heavy atom. The van der Waals surface area contributed by atoms with E-state index >= 15 is 0 Å². The SMILES string of the molecule is Cc1ccc(-c2ccc(CN3C[C@@H]4CCOC[C@]4(CO)C3)o2)cc1. The molecule has 2 atom stereocenters. The number of fused-ring (bicyclic) bond motifs is 1. The zero-order chi connectivity index (χ0) is 16.6. The minimum Gasteiger partial charge on any atom is -0.460 e. The molecule has 2 aliphatic heterocycles. The summed E-state index contributed by atoms with van der Waals surface area (Å²) in [5.41, 5.74) is 2.29. The molecule has 0 amide bonds. The average Bonchev–Trinajstić information content (AvgIpc) is 3.20. The van der Waals surface area contributed by atoms with E-state index in [0.29, 0.717) is 12.5 Å². The third kappa shape index (κ3) is 2.90. The number of hydrogen-bond acceptors (Lipinski definition) is 4. The van der Waals surface area contributed by atoms with Gasteiger partial charge < -0.3 is 14.3 Å². The van der Waals surface area contributed by atoms with Gasteiger partial charge in [-0.3, -0.25) is 4.90 Å². The van der Waals surface area contributed by atoms with Gasteiger partial charge >= 0.3 is 0 Å². The lowest BCUT2D eigenvalue weighted by Gasteiger charge is -2.36. The Balaban J connectivity index is 1.46.